The second-order valence-electron chi connectivity index (χ2n) is 9.93. The van der Waals surface area contributed by atoms with Gasteiger partial charge in [-0.25, -0.2) is 27.9 Å². The van der Waals surface area contributed by atoms with Gasteiger partial charge in [-0.15, -0.1) is 0 Å². The number of nitrogens with zero attached hydrogens (tertiary/aromatic N) is 5. The summed E-state index contributed by atoms with van der Waals surface area (Å²) in [4.78, 5) is 13.6. The molecule has 12 heteroatoms. The lowest BCUT2D eigenvalue weighted by molar-refractivity contribution is 0.126. The molecule has 5 aromatic rings. The summed E-state index contributed by atoms with van der Waals surface area (Å²) in [6, 6.07) is 14.2. The monoisotopic (exact) mass is 577 g/mol. The van der Waals surface area contributed by atoms with E-state index in [1.807, 2.05) is 18.3 Å². The Morgan fingerprint density at radius 1 is 1.07 bits per heavy atom. The maximum absolute atomic E-state index is 13.0. The van der Waals surface area contributed by atoms with Crippen LogP contribution < -0.4 is 10.0 Å². The van der Waals surface area contributed by atoms with Gasteiger partial charge in [0.15, 0.2) is 5.82 Å². The van der Waals surface area contributed by atoms with Crippen LogP contribution in [-0.2, 0) is 16.4 Å². The fourth-order valence-corrected chi connectivity index (χ4v) is 6.73. The number of fused-ring (bicyclic) bond motifs is 2. The van der Waals surface area contributed by atoms with Gasteiger partial charge in [-0.3, -0.25) is 4.72 Å². The first-order chi connectivity index (χ1) is 19.3. The maximum atomic E-state index is 13.0. The van der Waals surface area contributed by atoms with Crippen molar-refractivity contribution < 1.29 is 13.5 Å². The van der Waals surface area contributed by atoms with Crippen molar-refractivity contribution in [3.05, 3.63) is 71.6 Å². The largest absolute Gasteiger partial charge is 0.393 e. The number of anilines is 2. The lowest BCUT2D eigenvalue weighted by Crippen LogP contribution is -2.28. The third-order valence-corrected chi connectivity index (χ3v) is 9.12. The number of aromatic nitrogens is 5. The van der Waals surface area contributed by atoms with Gasteiger partial charge in [-0.1, -0.05) is 30.7 Å². The number of halogens is 1. The molecule has 2 aromatic carbocycles. The van der Waals surface area contributed by atoms with E-state index in [0.29, 0.717) is 11.5 Å². The average Bonchev–Trinajstić information content (AvgIpc) is 3.39. The molecule has 0 unspecified atom stereocenters. The summed E-state index contributed by atoms with van der Waals surface area (Å²) in [6.45, 7) is 2.08. The predicted molar refractivity (Wildman–Crippen MR) is 155 cm³/mol. The summed E-state index contributed by atoms with van der Waals surface area (Å²) in [6.07, 6.45) is 7.03. The van der Waals surface area contributed by atoms with Gasteiger partial charge >= 0.3 is 0 Å². The second kappa shape index (κ2) is 10.6. The van der Waals surface area contributed by atoms with E-state index in [1.165, 1.54) is 18.5 Å². The van der Waals surface area contributed by atoms with Crippen LogP contribution in [0, 0.1) is 0 Å². The highest BCUT2D eigenvalue weighted by Gasteiger charge is 2.22. The Hall–Kier alpha value is -3.80. The van der Waals surface area contributed by atoms with E-state index in [2.05, 4.69) is 38.1 Å². The zero-order valence-corrected chi connectivity index (χ0v) is 23.3. The SMILES string of the molecule is CCc1cc(-c2ccc3c(NS(=O)(=O)c4ccccc4Cl)ncnn23)cc2cnc(N[C@H]3CC[C@H](O)CC3)nc12. The van der Waals surface area contributed by atoms with Gasteiger partial charge in [0, 0.05) is 23.2 Å². The van der Waals surface area contributed by atoms with Gasteiger partial charge in [0.2, 0.25) is 5.95 Å². The second-order valence-corrected chi connectivity index (χ2v) is 12.0. The van der Waals surface area contributed by atoms with Crippen LogP contribution >= 0.6 is 11.6 Å². The van der Waals surface area contributed by atoms with Gasteiger partial charge in [0.25, 0.3) is 10.0 Å². The molecule has 0 aliphatic heterocycles. The van der Waals surface area contributed by atoms with E-state index >= 15 is 0 Å². The van der Waals surface area contributed by atoms with E-state index in [1.54, 1.807) is 22.7 Å². The molecule has 0 saturated heterocycles. The fourth-order valence-electron chi connectivity index (χ4n) is 5.18. The van der Waals surface area contributed by atoms with Gasteiger partial charge in [0.05, 0.1) is 22.3 Å². The molecule has 3 aromatic heterocycles. The number of benzene rings is 2. The molecule has 206 valence electrons. The zero-order valence-electron chi connectivity index (χ0n) is 21.7. The lowest BCUT2D eigenvalue weighted by Gasteiger charge is -2.26. The number of hydrogen-bond acceptors (Lipinski definition) is 8. The lowest BCUT2D eigenvalue weighted by atomic mass is 9.93. The quantitative estimate of drug-likeness (QED) is 0.244. The van der Waals surface area contributed by atoms with Gasteiger partial charge in [-0.05, 0) is 74.1 Å². The molecule has 6 rings (SSSR count). The smallest absolute Gasteiger partial charge is 0.264 e. The van der Waals surface area contributed by atoms with Gasteiger partial charge < -0.3 is 10.4 Å². The van der Waals surface area contributed by atoms with E-state index < -0.39 is 10.0 Å². The van der Waals surface area contributed by atoms with Crippen molar-refractivity contribution in [2.24, 2.45) is 0 Å². The van der Waals surface area contributed by atoms with Crippen LogP contribution in [0.4, 0.5) is 11.8 Å². The van der Waals surface area contributed by atoms with Crippen LogP contribution in [0.5, 0.6) is 0 Å². The summed E-state index contributed by atoms with van der Waals surface area (Å²) >= 11 is 6.14. The molecule has 1 aliphatic carbocycles. The fraction of sp³-hybridized carbons (Fsp3) is 0.286. The van der Waals surface area contributed by atoms with E-state index in [0.717, 1.165) is 59.8 Å². The number of nitrogens with one attached hydrogen (secondary N) is 2. The van der Waals surface area contributed by atoms with Crippen molar-refractivity contribution in [1.82, 2.24) is 24.6 Å². The Morgan fingerprint density at radius 2 is 1.88 bits per heavy atom. The first-order valence-electron chi connectivity index (χ1n) is 13.2. The molecule has 0 atom stereocenters. The van der Waals surface area contributed by atoms with Crippen LogP contribution in [0.2, 0.25) is 5.02 Å². The van der Waals surface area contributed by atoms with Crippen LogP contribution in [0.3, 0.4) is 0 Å². The van der Waals surface area contributed by atoms with E-state index in [9.17, 15) is 13.5 Å². The minimum Gasteiger partial charge on any atom is -0.393 e. The first kappa shape index (κ1) is 26.4. The molecule has 0 amide bonds. The van der Waals surface area contributed by atoms with Crippen molar-refractivity contribution in [2.45, 2.75) is 56.1 Å². The number of aliphatic hydroxyl groups excluding tert-OH is 1. The highest BCUT2D eigenvalue weighted by molar-refractivity contribution is 7.92. The molecule has 10 nitrogen and oxygen atoms in total. The van der Waals surface area contributed by atoms with Crippen molar-refractivity contribution in [3.63, 3.8) is 0 Å². The highest BCUT2D eigenvalue weighted by atomic mass is 35.5. The van der Waals surface area contributed by atoms with Crippen molar-refractivity contribution in [3.8, 4) is 11.3 Å². The van der Waals surface area contributed by atoms with Crippen molar-refractivity contribution in [1.29, 1.82) is 0 Å². The number of rotatable bonds is 7. The first-order valence-corrected chi connectivity index (χ1v) is 15.0. The van der Waals surface area contributed by atoms with Gasteiger partial charge in [0.1, 0.15) is 16.7 Å². The predicted octanol–water partition coefficient (Wildman–Crippen LogP) is 5.07. The minimum atomic E-state index is -3.97. The molecule has 3 N–H and O–H groups in total. The van der Waals surface area contributed by atoms with Crippen LogP contribution in [0.1, 0.15) is 38.2 Å². The number of hydrogen-bond donors (Lipinski definition) is 3. The minimum absolute atomic E-state index is 0.0303. The molecule has 1 aliphatic rings. The van der Waals surface area contributed by atoms with E-state index in [4.69, 9.17) is 16.6 Å². The topological polar surface area (TPSA) is 134 Å². The Kier molecular flexibility index (Phi) is 7.03. The average molecular weight is 578 g/mol. The standard InChI is InChI=1S/C28H28ClN7O3S/c1-2-17-13-18(14-19-15-30-28(34-26(17)19)33-20-7-9-21(37)10-8-20)23-11-12-24-27(31-16-32-36(23)24)35-40(38,39)25-6-4-3-5-22(25)29/h3-6,11-16,20-21,37H,2,7-10H2,1H3,(H,30,33,34)(H,31,32,35)/t20-,21-. The number of sulfonamides is 1. The Morgan fingerprint density at radius 3 is 2.65 bits per heavy atom. The summed E-state index contributed by atoms with van der Waals surface area (Å²) < 4.78 is 30.3. The van der Waals surface area contributed by atoms with Crippen LogP contribution in [0.25, 0.3) is 27.7 Å². The molecule has 0 radical (unpaired) electrons. The zero-order chi connectivity index (χ0) is 27.9. The molecular weight excluding hydrogens is 550 g/mol. The molecular formula is C28H28ClN7O3S. The normalized spacial score (nSPS) is 17.8. The third kappa shape index (κ3) is 5.07. The van der Waals surface area contributed by atoms with Crippen molar-refractivity contribution >= 4 is 49.8 Å². The number of aryl methyl sites for hydroxylation is 1. The molecule has 3 heterocycles. The maximum Gasteiger partial charge on any atom is 0.264 e. The van der Waals surface area contributed by atoms with Crippen LogP contribution in [0.15, 0.2) is 66.0 Å². The molecule has 0 bridgehead atoms. The molecule has 1 fully saturated rings. The van der Waals surface area contributed by atoms with E-state index in [-0.39, 0.29) is 27.9 Å². The Labute approximate surface area is 236 Å². The summed E-state index contributed by atoms with van der Waals surface area (Å²) in [5.74, 6) is 0.736. The Bertz CT molecular complexity index is 1820. The molecule has 1 saturated carbocycles. The highest BCUT2D eigenvalue weighted by Crippen LogP contribution is 2.31. The summed E-state index contributed by atoms with van der Waals surface area (Å²) in [7, 11) is -3.97. The van der Waals surface area contributed by atoms with Crippen molar-refractivity contribution in [2.75, 3.05) is 10.0 Å². The third-order valence-electron chi connectivity index (χ3n) is 7.28. The summed E-state index contributed by atoms with van der Waals surface area (Å²) in [5, 5.41) is 18.6. The molecule has 40 heavy (non-hydrogen) atoms. The number of aliphatic hydroxyl groups is 1. The molecule has 0 spiro atoms. The van der Waals surface area contributed by atoms with Gasteiger partial charge in [-0.2, -0.15) is 5.10 Å². The van der Waals surface area contributed by atoms with Crippen LogP contribution in [-0.4, -0.2) is 50.2 Å². The summed E-state index contributed by atoms with van der Waals surface area (Å²) in [5.41, 5.74) is 4.10. The Balaban J connectivity index is 1.34.